The van der Waals surface area contributed by atoms with Gasteiger partial charge in [-0.05, 0) is 18.1 Å². The molecular weight excluding hydrogens is 227 g/mol. The fraction of sp³-hybridized carbons (Fsp3) is 0.462. The highest BCUT2D eigenvalue weighted by Gasteiger charge is 2.22. The van der Waals surface area contributed by atoms with Crippen molar-refractivity contribution in [1.82, 2.24) is 0 Å². The van der Waals surface area contributed by atoms with Crippen LogP contribution in [0.1, 0.15) is 42.5 Å². The summed E-state index contributed by atoms with van der Waals surface area (Å²) >= 11 is 5.85. The molecule has 0 aromatic heterocycles. The monoisotopic (exact) mass is 240 g/mol. The molecule has 0 N–H and O–H groups in total. The average molecular weight is 241 g/mol. The van der Waals surface area contributed by atoms with Gasteiger partial charge in [-0.15, -0.1) is 0 Å². The molecule has 2 rings (SSSR count). The van der Waals surface area contributed by atoms with E-state index >= 15 is 0 Å². The highest BCUT2D eigenvalue weighted by molar-refractivity contribution is 6.34. The van der Waals surface area contributed by atoms with Crippen molar-refractivity contribution < 1.29 is 9.18 Å². The highest BCUT2D eigenvalue weighted by Crippen LogP contribution is 2.30. The van der Waals surface area contributed by atoms with Crippen LogP contribution in [0.2, 0.25) is 5.02 Å². The first-order valence-electron chi connectivity index (χ1n) is 5.65. The highest BCUT2D eigenvalue weighted by atomic mass is 35.5. The zero-order valence-electron chi connectivity index (χ0n) is 9.01. The minimum absolute atomic E-state index is 0.0658. The average Bonchev–Trinajstić information content (AvgIpc) is 2.70. The lowest BCUT2D eigenvalue weighted by atomic mass is 9.97. The fourth-order valence-corrected chi connectivity index (χ4v) is 2.61. The van der Waals surface area contributed by atoms with E-state index in [0.717, 1.165) is 12.8 Å². The van der Waals surface area contributed by atoms with Crippen molar-refractivity contribution in [3.63, 3.8) is 0 Å². The van der Waals surface area contributed by atoms with Gasteiger partial charge in [0.15, 0.2) is 5.78 Å². The number of rotatable bonds is 3. The van der Waals surface area contributed by atoms with E-state index in [1.807, 2.05) is 0 Å². The lowest BCUT2D eigenvalue weighted by Gasteiger charge is -2.09. The van der Waals surface area contributed by atoms with E-state index in [1.54, 1.807) is 6.07 Å². The maximum absolute atomic E-state index is 13.5. The van der Waals surface area contributed by atoms with Crippen molar-refractivity contribution in [2.45, 2.75) is 32.1 Å². The summed E-state index contributed by atoms with van der Waals surface area (Å²) in [5.74, 6) is -0.242. The smallest absolute Gasteiger partial charge is 0.167 e. The molecule has 0 aliphatic heterocycles. The Bertz CT molecular complexity index is 377. The number of carbonyl (C=O) groups excluding carboxylic acids is 1. The molecule has 86 valence electrons. The Morgan fingerprint density at radius 2 is 2.06 bits per heavy atom. The number of benzene rings is 1. The van der Waals surface area contributed by atoms with Gasteiger partial charge in [-0.25, -0.2) is 4.39 Å². The van der Waals surface area contributed by atoms with E-state index in [-0.39, 0.29) is 16.4 Å². The maximum atomic E-state index is 13.5. The summed E-state index contributed by atoms with van der Waals surface area (Å²) in [6.07, 6.45) is 4.96. The van der Waals surface area contributed by atoms with E-state index in [9.17, 15) is 9.18 Å². The van der Waals surface area contributed by atoms with Crippen molar-refractivity contribution in [3.05, 3.63) is 34.6 Å². The Morgan fingerprint density at radius 1 is 1.38 bits per heavy atom. The summed E-state index contributed by atoms with van der Waals surface area (Å²) in [5, 5.41) is 0.225. The van der Waals surface area contributed by atoms with Crippen molar-refractivity contribution in [2.75, 3.05) is 0 Å². The Labute approximate surface area is 99.6 Å². The van der Waals surface area contributed by atoms with Crippen LogP contribution in [0.3, 0.4) is 0 Å². The number of hydrogen-bond donors (Lipinski definition) is 0. The molecule has 0 spiro atoms. The van der Waals surface area contributed by atoms with Gasteiger partial charge in [-0.2, -0.15) is 0 Å². The largest absolute Gasteiger partial charge is 0.294 e. The van der Waals surface area contributed by atoms with Crippen molar-refractivity contribution in [1.29, 1.82) is 0 Å². The quantitative estimate of drug-likeness (QED) is 0.722. The molecule has 16 heavy (non-hydrogen) atoms. The third-order valence-corrected chi connectivity index (χ3v) is 3.51. The van der Waals surface area contributed by atoms with E-state index in [4.69, 9.17) is 11.6 Å². The number of hydrogen-bond acceptors (Lipinski definition) is 1. The molecule has 1 aromatic carbocycles. The summed E-state index contributed by atoms with van der Waals surface area (Å²) in [7, 11) is 0. The van der Waals surface area contributed by atoms with Gasteiger partial charge in [0.25, 0.3) is 0 Å². The molecule has 1 fully saturated rings. The summed E-state index contributed by atoms with van der Waals surface area (Å²) in [6, 6.07) is 4.37. The van der Waals surface area contributed by atoms with Crippen molar-refractivity contribution >= 4 is 17.4 Å². The van der Waals surface area contributed by atoms with Crippen LogP contribution in [-0.4, -0.2) is 5.78 Å². The van der Waals surface area contributed by atoms with Crippen LogP contribution in [0.4, 0.5) is 4.39 Å². The predicted molar refractivity (Wildman–Crippen MR) is 62.3 cm³/mol. The van der Waals surface area contributed by atoms with Crippen molar-refractivity contribution in [2.24, 2.45) is 5.92 Å². The summed E-state index contributed by atoms with van der Waals surface area (Å²) < 4.78 is 13.5. The minimum Gasteiger partial charge on any atom is -0.294 e. The van der Waals surface area contributed by atoms with Gasteiger partial charge in [0.05, 0.1) is 10.6 Å². The molecule has 1 aliphatic carbocycles. The lowest BCUT2D eigenvalue weighted by molar-refractivity contribution is 0.0958. The van der Waals surface area contributed by atoms with Gasteiger partial charge in [0.1, 0.15) is 5.82 Å². The van der Waals surface area contributed by atoms with Crippen LogP contribution < -0.4 is 0 Å². The van der Waals surface area contributed by atoms with E-state index < -0.39 is 5.82 Å². The van der Waals surface area contributed by atoms with Crippen LogP contribution in [0, 0.1) is 11.7 Å². The van der Waals surface area contributed by atoms with Crippen LogP contribution in [0.15, 0.2) is 18.2 Å². The van der Waals surface area contributed by atoms with Gasteiger partial charge in [0, 0.05) is 6.42 Å². The molecule has 0 atom stereocenters. The molecule has 1 saturated carbocycles. The number of halogens is 2. The number of Topliss-reactive ketones (excluding diaryl/α,β-unsaturated/α-hetero) is 1. The second-order valence-corrected chi connectivity index (χ2v) is 4.78. The SMILES string of the molecule is O=C(CC1CCCC1)c1c(F)cccc1Cl. The Hall–Kier alpha value is -0.890. The third kappa shape index (κ3) is 2.43. The zero-order chi connectivity index (χ0) is 11.5. The number of carbonyl (C=O) groups is 1. The van der Waals surface area contributed by atoms with E-state index in [1.165, 1.54) is 25.0 Å². The second-order valence-electron chi connectivity index (χ2n) is 4.37. The Balaban J connectivity index is 2.13. The van der Waals surface area contributed by atoms with E-state index in [2.05, 4.69) is 0 Å². The zero-order valence-corrected chi connectivity index (χ0v) is 9.77. The topological polar surface area (TPSA) is 17.1 Å². The molecule has 0 amide bonds. The Morgan fingerprint density at radius 3 is 2.69 bits per heavy atom. The Kier molecular flexibility index (Phi) is 3.59. The van der Waals surface area contributed by atoms with Crippen LogP contribution in [-0.2, 0) is 0 Å². The van der Waals surface area contributed by atoms with Crippen LogP contribution in [0.25, 0.3) is 0 Å². The van der Waals surface area contributed by atoms with E-state index in [0.29, 0.717) is 12.3 Å². The molecule has 0 saturated heterocycles. The molecule has 0 heterocycles. The molecule has 0 radical (unpaired) electrons. The summed E-state index contributed by atoms with van der Waals surface area (Å²) in [6.45, 7) is 0. The third-order valence-electron chi connectivity index (χ3n) is 3.19. The molecule has 1 nitrogen and oxygen atoms in total. The second kappa shape index (κ2) is 4.96. The van der Waals surface area contributed by atoms with Gasteiger partial charge in [0.2, 0.25) is 0 Å². The van der Waals surface area contributed by atoms with Gasteiger partial charge in [-0.3, -0.25) is 4.79 Å². The predicted octanol–water partition coefficient (Wildman–Crippen LogP) is 4.24. The summed E-state index contributed by atoms with van der Waals surface area (Å²) in [5.41, 5.74) is 0.0658. The van der Waals surface area contributed by atoms with Crippen molar-refractivity contribution in [3.8, 4) is 0 Å². The minimum atomic E-state index is -0.504. The lowest BCUT2D eigenvalue weighted by Crippen LogP contribution is -2.08. The fourth-order valence-electron chi connectivity index (χ4n) is 2.34. The van der Waals surface area contributed by atoms with Gasteiger partial charge < -0.3 is 0 Å². The first-order valence-corrected chi connectivity index (χ1v) is 6.03. The molecule has 1 aliphatic rings. The molecule has 0 bridgehead atoms. The maximum Gasteiger partial charge on any atom is 0.167 e. The first-order chi connectivity index (χ1) is 7.68. The van der Waals surface area contributed by atoms with Crippen LogP contribution in [0.5, 0.6) is 0 Å². The van der Waals surface area contributed by atoms with Gasteiger partial charge in [-0.1, -0.05) is 43.4 Å². The first kappa shape index (κ1) is 11.6. The van der Waals surface area contributed by atoms with Crippen LogP contribution >= 0.6 is 11.6 Å². The van der Waals surface area contributed by atoms with Gasteiger partial charge >= 0.3 is 0 Å². The number of ketones is 1. The molecule has 3 heteroatoms. The summed E-state index contributed by atoms with van der Waals surface area (Å²) in [4.78, 5) is 11.9. The standard InChI is InChI=1S/C13H14ClFO/c14-10-6-3-7-11(15)13(10)12(16)8-9-4-1-2-5-9/h3,6-7,9H,1-2,4-5,8H2. The normalized spacial score (nSPS) is 16.6. The molecular formula is C13H14ClFO. The molecule has 1 aromatic rings. The molecule has 0 unspecified atom stereocenters.